The van der Waals surface area contributed by atoms with Crippen LogP contribution in [0.15, 0.2) is 59.5 Å². The number of nitrogens with one attached hydrogen (secondary N) is 1. The minimum Gasteiger partial charge on any atom is -0.322 e. The molecule has 5 nitrogen and oxygen atoms in total. The number of para-hydroxylation sites is 1. The highest BCUT2D eigenvalue weighted by molar-refractivity contribution is 6.08. The first kappa shape index (κ1) is 20.8. The molecule has 2 aromatic carbocycles. The molecule has 0 saturated heterocycles. The standard InChI is InChI=1S/C26H26N2O3/c1-16-10-17(2)12-18(11-16)27-24(30)23-20-13-26(3,4)14-22(29)21(20)15-28(25(23)31)19-8-6-5-7-9-19/h5-12,15H,13-14H2,1-4H3,(H,27,30). The third kappa shape index (κ3) is 4.08. The molecule has 1 N–H and O–H groups in total. The van der Waals surface area contributed by atoms with E-state index in [-0.39, 0.29) is 16.8 Å². The van der Waals surface area contributed by atoms with Crippen molar-refractivity contribution < 1.29 is 9.59 Å². The quantitative estimate of drug-likeness (QED) is 0.665. The van der Waals surface area contributed by atoms with Crippen LogP contribution in [0.25, 0.3) is 5.69 Å². The van der Waals surface area contributed by atoms with E-state index in [0.29, 0.717) is 35.3 Å². The summed E-state index contributed by atoms with van der Waals surface area (Å²) in [6.07, 6.45) is 2.47. The first-order chi connectivity index (χ1) is 14.6. The summed E-state index contributed by atoms with van der Waals surface area (Å²) in [5.74, 6) is -0.529. The molecule has 31 heavy (non-hydrogen) atoms. The summed E-state index contributed by atoms with van der Waals surface area (Å²) in [4.78, 5) is 39.9. The van der Waals surface area contributed by atoms with Gasteiger partial charge in [-0.2, -0.15) is 0 Å². The van der Waals surface area contributed by atoms with Crippen molar-refractivity contribution in [2.45, 2.75) is 40.5 Å². The lowest BCUT2D eigenvalue weighted by atomic mass is 9.73. The van der Waals surface area contributed by atoms with Crippen molar-refractivity contribution in [2.75, 3.05) is 5.32 Å². The molecule has 3 aromatic rings. The van der Waals surface area contributed by atoms with E-state index >= 15 is 0 Å². The number of anilines is 1. The van der Waals surface area contributed by atoms with Gasteiger partial charge < -0.3 is 5.32 Å². The monoisotopic (exact) mass is 414 g/mol. The molecule has 0 atom stereocenters. The molecular formula is C26H26N2O3. The Kier molecular flexibility index (Phi) is 5.13. The Balaban J connectivity index is 1.91. The Morgan fingerprint density at radius 2 is 1.61 bits per heavy atom. The van der Waals surface area contributed by atoms with Gasteiger partial charge in [0.25, 0.3) is 11.5 Å². The first-order valence-corrected chi connectivity index (χ1v) is 10.4. The maximum absolute atomic E-state index is 13.5. The summed E-state index contributed by atoms with van der Waals surface area (Å²) in [5, 5.41) is 2.89. The fourth-order valence-electron chi connectivity index (χ4n) is 4.40. The number of fused-ring (bicyclic) bond motifs is 1. The highest BCUT2D eigenvalue weighted by atomic mass is 16.2. The highest BCUT2D eigenvalue weighted by Gasteiger charge is 2.36. The predicted molar refractivity (Wildman–Crippen MR) is 122 cm³/mol. The van der Waals surface area contributed by atoms with Crippen molar-refractivity contribution in [3.8, 4) is 5.69 Å². The molecule has 0 spiro atoms. The molecule has 4 rings (SSSR count). The maximum Gasteiger partial charge on any atom is 0.268 e. The number of ketones is 1. The number of carbonyl (C=O) groups excluding carboxylic acids is 2. The molecule has 0 unspecified atom stereocenters. The van der Waals surface area contributed by atoms with Crippen molar-refractivity contribution in [1.82, 2.24) is 4.57 Å². The molecule has 1 aromatic heterocycles. The lowest BCUT2D eigenvalue weighted by molar-refractivity contribution is 0.0910. The minimum atomic E-state index is -0.484. The van der Waals surface area contributed by atoms with E-state index < -0.39 is 11.5 Å². The average Bonchev–Trinajstić information content (AvgIpc) is 2.66. The molecule has 0 saturated carbocycles. The van der Waals surface area contributed by atoms with Crippen molar-refractivity contribution in [3.05, 3.63) is 92.9 Å². The van der Waals surface area contributed by atoms with E-state index in [1.807, 2.05) is 64.1 Å². The molecule has 1 aliphatic rings. The summed E-state index contributed by atoms with van der Waals surface area (Å²) < 4.78 is 1.41. The molecule has 1 amide bonds. The zero-order chi connectivity index (χ0) is 22.3. The first-order valence-electron chi connectivity index (χ1n) is 10.4. The largest absolute Gasteiger partial charge is 0.322 e. The summed E-state index contributed by atoms with van der Waals surface area (Å²) in [5.41, 5.74) is 3.59. The number of nitrogens with zero attached hydrogens (tertiary/aromatic N) is 1. The van der Waals surface area contributed by atoms with Crippen molar-refractivity contribution in [3.63, 3.8) is 0 Å². The molecule has 0 bridgehead atoms. The van der Waals surface area contributed by atoms with Gasteiger partial charge in [-0.1, -0.05) is 38.1 Å². The van der Waals surface area contributed by atoms with Crippen LogP contribution in [-0.4, -0.2) is 16.3 Å². The van der Waals surface area contributed by atoms with Crippen LogP contribution in [0.5, 0.6) is 0 Å². The Labute approximate surface area is 181 Å². The van der Waals surface area contributed by atoms with E-state index in [1.54, 1.807) is 18.3 Å². The summed E-state index contributed by atoms with van der Waals surface area (Å²) in [7, 11) is 0. The predicted octanol–water partition coefficient (Wildman–Crippen LogP) is 4.86. The fraction of sp³-hybridized carbons (Fsp3) is 0.269. The van der Waals surface area contributed by atoms with Crippen molar-refractivity contribution >= 4 is 17.4 Å². The van der Waals surface area contributed by atoms with E-state index in [9.17, 15) is 14.4 Å². The normalized spacial score (nSPS) is 14.8. The SMILES string of the molecule is Cc1cc(C)cc(NC(=O)c2c3c(cn(-c4ccccc4)c2=O)C(=O)CC(C)(C)C3)c1. The highest BCUT2D eigenvalue weighted by Crippen LogP contribution is 2.36. The van der Waals surface area contributed by atoms with Gasteiger partial charge in [0.05, 0.1) is 0 Å². The van der Waals surface area contributed by atoms with Crippen molar-refractivity contribution in [1.29, 1.82) is 0 Å². The van der Waals surface area contributed by atoms with Gasteiger partial charge in [-0.05, 0) is 66.6 Å². The van der Waals surface area contributed by atoms with Crippen LogP contribution in [0.1, 0.15) is 57.7 Å². The average molecular weight is 415 g/mol. The molecule has 0 fully saturated rings. The van der Waals surface area contributed by atoms with Crippen LogP contribution in [0.3, 0.4) is 0 Å². The second kappa shape index (κ2) is 7.65. The lowest BCUT2D eigenvalue weighted by Crippen LogP contribution is -2.37. The topological polar surface area (TPSA) is 68.2 Å². The number of amides is 1. The molecule has 0 aliphatic heterocycles. The number of benzene rings is 2. The molecule has 158 valence electrons. The molecule has 5 heteroatoms. The third-order valence-electron chi connectivity index (χ3n) is 5.65. The number of Topliss-reactive ketones (excluding diaryl/α,β-unsaturated/α-hetero) is 1. The van der Waals surface area contributed by atoms with E-state index in [0.717, 1.165) is 11.1 Å². The number of carbonyl (C=O) groups is 2. The van der Waals surface area contributed by atoms with E-state index in [1.165, 1.54) is 4.57 Å². The van der Waals surface area contributed by atoms with Gasteiger partial charge in [0.2, 0.25) is 0 Å². The van der Waals surface area contributed by atoms with Crippen LogP contribution in [-0.2, 0) is 6.42 Å². The Morgan fingerprint density at radius 3 is 2.26 bits per heavy atom. The second-order valence-electron chi connectivity index (χ2n) is 9.18. The van der Waals surface area contributed by atoms with Crippen LogP contribution < -0.4 is 10.9 Å². The Morgan fingerprint density at radius 1 is 0.968 bits per heavy atom. The minimum absolute atomic E-state index is 0.0432. The van der Waals surface area contributed by atoms with Gasteiger partial charge in [-0.3, -0.25) is 19.0 Å². The van der Waals surface area contributed by atoms with Gasteiger partial charge >= 0.3 is 0 Å². The summed E-state index contributed by atoms with van der Waals surface area (Å²) >= 11 is 0. The van der Waals surface area contributed by atoms with Crippen LogP contribution in [0, 0.1) is 19.3 Å². The molecule has 1 aliphatic carbocycles. The number of aromatic nitrogens is 1. The zero-order valence-corrected chi connectivity index (χ0v) is 18.3. The lowest BCUT2D eigenvalue weighted by Gasteiger charge is -2.31. The second-order valence-corrected chi connectivity index (χ2v) is 9.18. The Hall–Kier alpha value is -3.47. The number of hydrogen-bond donors (Lipinski definition) is 1. The summed E-state index contributed by atoms with van der Waals surface area (Å²) in [6.45, 7) is 7.89. The third-order valence-corrected chi connectivity index (χ3v) is 5.65. The fourth-order valence-corrected chi connectivity index (χ4v) is 4.40. The van der Waals surface area contributed by atoms with Gasteiger partial charge in [0.1, 0.15) is 5.56 Å². The van der Waals surface area contributed by atoms with E-state index in [2.05, 4.69) is 5.32 Å². The number of hydrogen-bond acceptors (Lipinski definition) is 3. The zero-order valence-electron chi connectivity index (χ0n) is 18.3. The molecular weight excluding hydrogens is 388 g/mol. The van der Waals surface area contributed by atoms with Crippen molar-refractivity contribution in [2.24, 2.45) is 5.41 Å². The van der Waals surface area contributed by atoms with Gasteiger partial charge in [-0.15, -0.1) is 0 Å². The van der Waals surface area contributed by atoms with Gasteiger partial charge in [-0.25, -0.2) is 0 Å². The van der Waals surface area contributed by atoms with Crippen LogP contribution >= 0.6 is 0 Å². The summed E-state index contributed by atoms with van der Waals surface area (Å²) in [6, 6.07) is 14.8. The van der Waals surface area contributed by atoms with Crippen LogP contribution in [0.4, 0.5) is 5.69 Å². The smallest absolute Gasteiger partial charge is 0.268 e. The number of pyridine rings is 1. The molecule has 1 heterocycles. The van der Waals surface area contributed by atoms with E-state index in [4.69, 9.17) is 0 Å². The number of aryl methyl sites for hydroxylation is 2. The maximum atomic E-state index is 13.5. The van der Waals surface area contributed by atoms with Gasteiger partial charge in [0, 0.05) is 29.6 Å². The van der Waals surface area contributed by atoms with Crippen LogP contribution in [0.2, 0.25) is 0 Å². The number of rotatable bonds is 3. The molecule has 0 radical (unpaired) electrons. The Bertz CT molecular complexity index is 1230. The van der Waals surface area contributed by atoms with Gasteiger partial charge in [0.15, 0.2) is 5.78 Å².